The van der Waals surface area contributed by atoms with Crippen LogP contribution in [0.25, 0.3) is 6.08 Å². The number of benzene rings is 3. The molecule has 0 spiro atoms. The maximum absolute atomic E-state index is 13.4. The van der Waals surface area contributed by atoms with Gasteiger partial charge in [-0.3, -0.25) is 0 Å². The summed E-state index contributed by atoms with van der Waals surface area (Å²) in [5, 5.41) is 0. The molecule has 1 heterocycles. The number of carbonyl (C=O) groups excluding carboxylic acids is 1. The number of aliphatic imine (C=N–C) groups is 1. The molecule has 0 aliphatic carbocycles. The van der Waals surface area contributed by atoms with Gasteiger partial charge in [0.25, 0.3) is 0 Å². The van der Waals surface area contributed by atoms with Gasteiger partial charge in [-0.25, -0.2) is 18.6 Å². The van der Waals surface area contributed by atoms with E-state index < -0.39 is 11.8 Å². The Balaban J connectivity index is 1.56. The number of halogens is 4. The Morgan fingerprint density at radius 1 is 0.968 bits per heavy atom. The number of hydrogen-bond donors (Lipinski definition) is 0. The van der Waals surface area contributed by atoms with Crippen molar-refractivity contribution in [3.05, 3.63) is 102 Å². The summed E-state index contributed by atoms with van der Waals surface area (Å²) in [6.45, 7) is 0.234. The van der Waals surface area contributed by atoms with Gasteiger partial charge in [0.2, 0.25) is 5.90 Å². The lowest BCUT2D eigenvalue weighted by molar-refractivity contribution is -0.129. The summed E-state index contributed by atoms with van der Waals surface area (Å²) >= 11 is 4.29. The van der Waals surface area contributed by atoms with Gasteiger partial charge >= 0.3 is 5.97 Å². The van der Waals surface area contributed by atoms with Crippen LogP contribution in [0.2, 0.25) is 0 Å². The van der Waals surface area contributed by atoms with Gasteiger partial charge in [-0.15, -0.1) is 0 Å². The van der Waals surface area contributed by atoms with Gasteiger partial charge < -0.3 is 9.47 Å². The van der Waals surface area contributed by atoms with Crippen molar-refractivity contribution in [2.45, 2.75) is 6.61 Å². The Morgan fingerprint density at radius 2 is 1.65 bits per heavy atom. The Hall–Kier alpha value is -2.34. The zero-order valence-electron chi connectivity index (χ0n) is 15.7. The highest BCUT2D eigenvalue weighted by Crippen LogP contribution is 2.31. The average molecular weight is 643 g/mol. The molecule has 0 N–H and O–H groups in total. The predicted molar refractivity (Wildman–Crippen MR) is 130 cm³/mol. The number of hydrogen-bond acceptors (Lipinski definition) is 4. The van der Waals surface area contributed by atoms with Crippen LogP contribution < -0.4 is 4.74 Å². The van der Waals surface area contributed by atoms with Crippen LogP contribution in [0, 0.1) is 18.8 Å². The van der Waals surface area contributed by atoms with E-state index in [0.717, 1.165) is 18.3 Å². The van der Waals surface area contributed by atoms with Gasteiger partial charge in [0.1, 0.15) is 24.0 Å². The summed E-state index contributed by atoms with van der Waals surface area (Å²) in [7, 11) is 0. The minimum absolute atomic E-state index is 0.0650. The Labute approximate surface area is 204 Å². The standard InChI is InChI=1S/C23H13F2I2NO3/c24-16-5-1-3-13(7-16)12-30-21-18(26)8-14(9-19(21)27)10-20-23(29)31-22(28-20)15-4-2-6-17(25)11-15/h1-11H,12H2/b20-10+. The Bertz CT molecular complexity index is 1220. The number of esters is 1. The molecule has 0 saturated heterocycles. The number of ether oxygens (including phenoxy) is 2. The van der Waals surface area contributed by atoms with Crippen molar-refractivity contribution in [3.8, 4) is 5.75 Å². The lowest BCUT2D eigenvalue weighted by atomic mass is 10.2. The van der Waals surface area contributed by atoms with Crippen LogP contribution in [0.5, 0.6) is 5.75 Å². The maximum Gasteiger partial charge on any atom is 0.363 e. The fourth-order valence-electron chi connectivity index (χ4n) is 2.89. The van der Waals surface area contributed by atoms with Crippen LogP contribution in [0.1, 0.15) is 16.7 Å². The molecule has 4 nitrogen and oxygen atoms in total. The molecule has 0 radical (unpaired) electrons. The van der Waals surface area contributed by atoms with Crippen LogP contribution in [0.4, 0.5) is 8.78 Å². The van der Waals surface area contributed by atoms with Crippen LogP contribution in [-0.2, 0) is 16.1 Å². The van der Waals surface area contributed by atoms with Crippen molar-refractivity contribution < 1.29 is 23.0 Å². The van der Waals surface area contributed by atoms with E-state index in [4.69, 9.17) is 9.47 Å². The van der Waals surface area contributed by atoms with Gasteiger partial charge in [0.15, 0.2) is 5.70 Å². The highest BCUT2D eigenvalue weighted by atomic mass is 127. The SMILES string of the molecule is O=C1OC(c2cccc(F)c2)=N/C1=C/c1cc(I)c(OCc2cccc(F)c2)c(I)c1. The van der Waals surface area contributed by atoms with E-state index in [-0.39, 0.29) is 24.0 Å². The van der Waals surface area contributed by atoms with Crippen LogP contribution in [0.15, 0.2) is 71.4 Å². The summed E-state index contributed by atoms with van der Waals surface area (Å²) < 4.78 is 39.5. The first-order valence-electron chi connectivity index (χ1n) is 9.04. The fraction of sp³-hybridized carbons (Fsp3) is 0.0435. The first-order valence-corrected chi connectivity index (χ1v) is 11.2. The normalized spacial score (nSPS) is 14.5. The summed E-state index contributed by atoms with van der Waals surface area (Å²) in [4.78, 5) is 16.4. The minimum Gasteiger partial charge on any atom is -0.487 e. The smallest absolute Gasteiger partial charge is 0.363 e. The molecule has 4 rings (SSSR count). The first-order chi connectivity index (χ1) is 14.9. The van der Waals surface area contributed by atoms with Gasteiger partial charge in [-0.05, 0) is 105 Å². The molecular weight excluding hydrogens is 630 g/mol. The number of cyclic esters (lactones) is 1. The van der Waals surface area contributed by atoms with Gasteiger partial charge in [0.05, 0.1) is 7.14 Å². The van der Waals surface area contributed by atoms with E-state index in [2.05, 4.69) is 50.2 Å². The second kappa shape index (κ2) is 9.43. The lowest BCUT2D eigenvalue weighted by Gasteiger charge is -2.11. The quantitative estimate of drug-likeness (QED) is 0.192. The van der Waals surface area contributed by atoms with E-state index in [1.54, 1.807) is 24.3 Å². The third kappa shape index (κ3) is 5.29. The van der Waals surface area contributed by atoms with E-state index in [9.17, 15) is 13.6 Å². The maximum atomic E-state index is 13.4. The van der Waals surface area contributed by atoms with Crippen molar-refractivity contribution >= 4 is 63.1 Å². The number of nitrogens with zero attached hydrogens (tertiary/aromatic N) is 1. The predicted octanol–water partition coefficient (Wildman–Crippen LogP) is 6.10. The second-order valence-electron chi connectivity index (χ2n) is 6.58. The zero-order chi connectivity index (χ0) is 22.0. The largest absolute Gasteiger partial charge is 0.487 e. The molecule has 1 aliphatic heterocycles. The third-order valence-corrected chi connectivity index (χ3v) is 5.89. The molecule has 3 aromatic rings. The summed E-state index contributed by atoms with van der Waals surface area (Å²) in [6.07, 6.45) is 1.61. The van der Waals surface area contributed by atoms with E-state index in [1.165, 1.54) is 30.3 Å². The van der Waals surface area contributed by atoms with E-state index in [0.29, 0.717) is 11.3 Å². The Kier molecular flexibility index (Phi) is 6.65. The van der Waals surface area contributed by atoms with Gasteiger partial charge in [-0.1, -0.05) is 18.2 Å². The second-order valence-corrected chi connectivity index (χ2v) is 8.90. The topological polar surface area (TPSA) is 47.9 Å². The molecule has 156 valence electrons. The molecule has 0 atom stereocenters. The molecular formula is C23H13F2I2NO3. The van der Waals surface area contributed by atoms with Crippen LogP contribution >= 0.6 is 45.2 Å². The highest BCUT2D eigenvalue weighted by molar-refractivity contribution is 14.1. The molecule has 3 aromatic carbocycles. The van der Waals surface area contributed by atoms with Gasteiger partial charge in [0, 0.05) is 5.56 Å². The van der Waals surface area contributed by atoms with Gasteiger partial charge in [-0.2, -0.15) is 0 Å². The number of carbonyl (C=O) groups is 1. The highest BCUT2D eigenvalue weighted by Gasteiger charge is 2.24. The molecule has 31 heavy (non-hydrogen) atoms. The molecule has 0 saturated carbocycles. The molecule has 0 bridgehead atoms. The Morgan fingerprint density at radius 3 is 2.32 bits per heavy atom. The van der Waals surface area contributed by atoms with Crippen LogP contribution in [-0.4, -0.2) is 11.9 Å². The molecule has 8 heteroatoms. The van der Waals surface area contributed by atoms with E-state index >= 15 is 0 Å². The minimum atomic E-state index is -0.601. The molecule has 0 amide bonds. The van der Waals surface area contributed by atoms with Crippen molar-refractivity contribution in [2.75, 3.05) is 0 Å². The van der Waals surface area contributed by atoms with E-state index in [1.807, 2.05) is 12.1 Å². The average Bonchev–Trinajstić information content (AvgIpc) is 3.08. The summed E-state index contributed by atoms with van der Waals surface area (Å²) in [5.41, 5.74) is 1.98. The van der Waals surface area contributed by atoms with Crippen LogP contribution in [0.3, 0.4) is 0 Å². The van der Waals surface area contributed by atoms with Crippen molar-refractivity contribution in [3.63, 3.8) is 0 Å². The van der Waals surface area contributed by atoms with Crippen molar-refractivity contribution in [1.82, 2.24) is 0 Å². The van der Waals surface area contributed by atoms with Crippen molar-refractivity contribution in [1.29, 1.82) is 0 Å². The van der Waals surface area contributed by atoms with Crippen molar-refractivity contribution in [2.24, 2.45) is 4.99 Å². The monoisotopic (exact) mass is 643 g/mol. The molecule has 0 unspecified atom stereocenters. The first kappa shape index (κ1) is 21.9. The number of rotatable bonds is 5. The molecule has 1 aliphatic rings. The molecule has 0 aromatic heterocycles. The summed E-state index contributed by atoms with van der Waals surface area (Å²) in [6, 6.07) is 15.6. The zero-order valence-corrected chi connectivity index (χ0v) is 20.1. The fourth-order valence-corrected chi connectivity index (χ4v) is 5.02. The third-order valence-electron chi connectivity index (χ3n) is 4.29. The summed E-state index contributed by atoms with van der Waals surface area (Å²) in [5.74, 6) is -0.614. The molecule has 0 fully saturated rings. The lowest BCUT2D eigenvalue weighted by Crippen LogP contribution is -2.05.